The molecule has 160 valence electrons. The number of carbonyl (C=O) groups excluding carboxylic acids is 2. The van der Waals surface area contributed by atoms with Gasteiger partial charge in [0.2, 0.25) is 0 Å². The van der Waals surface area contributed by atoms with E-state index in [0.717, 1.165) is 16.7 Å². The molecule has 31 heavy (non-hydrogen) atoms. The summed E-state index contributed by atoms with van der Waals surface area (Å²) in [6.07, 6.45) is 1.62. The van der Waals surface area contributed by atoms with Gasteiger partial charge in [-0.05, 0) is 54.6 Å². The van der Waals surface area contributed by atoms with Crippen LogP contribution in [0.1, 0.15) is 12.5 Å². The van der Waals surface area contributed by atoms with Crippen LogP contribution in [0.25, 0.3) is 6.08 Å². The van der Waals surface area contributed by atoms with Crippen LogP contribution >= 0.6 is 23.4 Å². The number of halogens is 1. The number of carbonyl (C=O) groups is 2. The van der Waals surface area contributed by atoms with E-state index in [1.165, 1.54) is 0 Å². The topological polar surface area (TPSA) is 88.9 Å². The highest BCUT2D eigenvalue weighted by atomic mass is 35.5. The van der Waals surface area contributed by atoms with Gasteiger partial charge in [0, 0.05) is 0 Å². The Bertz CT molecular complexity index is 1050. The SMILES string of the molecule is CCOc1cc(/C=C2\SC(=O)N(CCOc3ccccc3Cl)C2=O)ccc1OCC#N. The molecular weight excluding hydrogens is 440 g/mol. The molecule has 2 amide bonds. The number of para-hydroxylation sites is 1. The van der Waals surface area contributed by atoms with Crippen LogP contribution in [0.4, 0.5) is 4.79 Å². The monoisotopic (exact) mass is 458 g/mol. The number of ether oxygens (including phenoxy) is 3. The maximum atomic E-state index is 12.7. The second-order valence-electron chi connectivity index (χ2n) is 6.20. The molecule has 0 radical (unpaired) electrons. The van der Waals surface area contributed by atoms with Gasteiger partial charge < -0.3 is 14.2 Å². The third-order valence-corrected chi connectivity index (χ3v) is 5.36. The number of hydrogen-bond donors (Lipinski definition) is 0. The third-order valence-electron chi connectivity index (χ3n) is 4.14. The number of benzene rings is 2. The van der Waals surface area contributed by atoms with Crippen LogP contribution in [0.5, 0.6) is 17.2 Å². The average molecular weight is 459 g/mol. The lowest BCUT2D eigenvalue weighted by Crippen LogP contribution is -2.32. The number of thioether (sulfide) groups is 1. The molecule has 2 aromatic carbocycles. The molecule has 0 saturated carbocycles. The molecular formula is C22H19ClN2O5S. The predicted octanol–water partition coefficient (Wildman–Crippen LogP) is 4.76. The van der Waals surface area contributed by atoms with Gasteiger partial charge >= 0.3 is 0 Å². The number of imide groups is 1. The molecule has 0 spiro atoms. The largest absolute Gasteiger partial charge is 0.490 e. The summed E-state index contributed by atoms with van der Waals surface area (Å²) in [5.74, 6) is 0.999. The third kappa shape index (κ3) is 5.72. The number of nitriles is 1. The van der Waals surface area contributed by atoms with E-state index in [4.69, 9.17) is 31.1 Å². The van der Waals surface area contributed by atoms with Crippen molar-refractivity contribution in [2.45, 2.75) is 6.92 Å². The Morgan fingerprint density at radius 1 is 1.10 bits per heavy atom. The standard InChI is InChI=1S/C22H19ClN2O5S/c1-2-28-19-13-15(7-8-18(19)29-11-9-24)14-20-21(26)25(22(27)31-20)10-12-30-17-6-4-3-5-16(17)23/h3-8,13-14H,2,10-12H2,1H3/b20-14-. The molecule has 9 heteroatoms. The Hall–Kier alpha value is -3.15. The Kier molecular flexibility index (Phi) is 7.82. The van der Waals surface area contributed by atoms with E-state index in [1.807, 2.05) is 13.0 Å². The van der Waals surface area contributed by atoms with Crippen molar-refractivity contribution in [1.82, 2.24) is 4.90 Å². The van der Waals surface area contributed by atoms with Crippen molar-refractivity contribution in [3.63, 3.8) is 0 Å². The molecule has 0 bridgehead atoms. The van der Waals surface area contributed by atoms with Crippen LogP contribution in [-0.2, 0) is 4.79 Å². The summed E-state index contributed by atoms with van der Waals surface area (Å²) < 4.78 is 16.5. The predicted molar refractivity (Wildman–Crippen MR) is 118 cm³/mol. The number of nitrogens with zero attached hydrogens (tertiary/aromatic N) is 2. The summed E-state index contributed by atoms with van der Waals surface area (Å²) in [5.41, 5.74) is 0.672. The average Bonchev–Trinajstić information content (AvgIpc) is 3.02. The molecule has 0 atom stereocenters. The van der Waals surface area contributed by atoms with Gasteiger partial charge in [-0.1, -0.05) is 29.8 Å². The molecule has 0 aromatic heterocycles. The van der Waals surface area contributed by atoms with Crippen molar-refractivity contribution in [2.75, 3.05) is 26.4 Å². The van der Waals surface area contributed by atoms with E-state index in [1.54, 1.807) is 48.5 Å². The summed E-state index contributed by atoms with van der Waals surface area (Å²) in [7, 11) is 0. The van der Waals surface area contributed by atoms with Crippen LogP contribution in [0.3, 0.4) is 0 Å². The Labute approximate surface area is 189 Å². The first-order valence-electron chi connectivity index (χ1n) is 9.42. The first kappa shape index (κ1) is 22.5. The summed E-state index contributed by atoms with van der Waals surface area (Å²) in [6, 6.07) is 14.0. The summed E-state index contributed by atoms with van der Waals surface area (Å²) in [6.45, 7) is 2.38. The molecule has 0 aliphatic carbocycles. The van der Waals surface area contributed by atoms with Crippen molar-refractivity contribution in [3.05, 3.63) is 58.0 Å². The molecule has 0 unspecified atom stereocenters. The van der Waals surface area contributed by atoms with Gasteiger partial charge in [0.25, 0.3) is 11.1 Å². The van der Waals surface area contributed by atoms with Crippen molar-refractivity contribution < 1.29 is 23.8 Å². The van der Waals surface area contributed by atoms with E-state index >= 15 is 0 Å². The Morgan fingerprint density at radius 2 is 1.90 bits per heavy atom. The molecule has 1 fully saturated rings. The Morgan fingerprint density at radius 3 is 2.65 bits per heavy atom. The summed E-state index contributed by atoms with van der Waals surface area (Å²) in [5, 5.41) is 8.79. The zero-order valence-corrected chi connectivity index (χ0v) is 18.2. The second kappa shape index (κ2) is 10.8. The van der Waals surface area contributed by atoms with Gasteiger partial charge in [-0.3, -0.25) is 14.5 Å². The van der Waals surface area contributed by atoms with E-state index in [9.17, 15) is 9.59 Å². The van der Waals surface area contributed by atoms with Gasteiger partial charge in [0.05, 0.1) is 23.1 Å². The number of rotatable bonds is 9. The second-order valence-corrected chi connectivity index (χ2v) is 7.60. The van der Waals surface area contributed by atoms with Gasteiger partial charge in [-0.15, -0.1) is 0 Å². The maximum absolute atomic E-state index is 12.7. The fourth-order valence-electron chi connectivity index (χ4n) is 2.76. The first-order chi connectivity index (χ1) is 15.0. The van der Waals surface area contributed by atoms with Crippen LogP contribution < -0.4 is 14.2 Å². The summed E-state index contributed by atoms with van der Waals surface area (Å²) >= 11 is 6.91. The van der Waals surface area contributed by atoms with Crippen LogP contribution in [0, 0.1) is 11.3 Å². The minimum absolute atomic E-state index is 0.103. The lowest BCUT2D eigenvalue weighted by Gasteiger charge is -2.13. The first-order valence-corrected chi connectivity index (χ1v) is 10.6. The molecule has 1 aliphatic heterocycles. The highest BCUT2D eigenvalue weighted by Crippen LogP contribution is 2.34. The fourth-order valence-corrected chi connectivity index (χ4v) is 3.82. The molecule has 1 heterocycles. The maximum Gasteiger partial charge on any atom is 0.293 e. The lowest BCUT2D eigenvalue weighted by molar-refractivity contribution is -0.123. The molecule has 2 aromatic rings. The van der Waals surface area contributed by atoms with Crippen LogP contribution in [0.2, 0.25) is 5.02 Å². The van der Waals surface area contributed by atoms with E-state index in [2.05, 4.69) is 0 Å². The normalized spacial score (nSPS) is 14.6. The van der Waals surface area contributed by atoms with Crippen LogP contribution in [-0.4, -0.2) is 42.4 Å². The minimum Gasteiger partial charge on any atom is -0.490 e. The summed E-state index contributed by atoms with van der Waals surface area (Å²) in [4.78, 5) is 26.4. The highest BCUT2D eigenvalue weighted by molar-refractivity contribution is 8.18. The van der Waals surface area contributed by atoms with E-state index in [0.29, 0.717) is 39.3 Å². The van der Waals surface area contributed by atoms with Crippen molar-refractivity contribution >= 4 is 40.6 Å². The lowest BCUT2D eigenvalue weighted by atomic mass is 10.2. The smallest absolute Gasteiger partial charge is 0.293 e. The van der Waals surface area contributed by atoms with Gasteiger partial charge in [-0.2, -0.15) is 5.26 Å². The molecule has 0 N–H and O–H groups in total. The number of amides is 2. The quantitative estimate of drug-likeness (QED) is 0.500. The minimum atomic E-state index is -0.388. The molecule has 7 nitrogen and oxygen atoms in total. The van der Waals surface area contributed by atoms with Crippen molar-refractivity contribution in [3.8, 4) is 23.3 Å². The van der Waals surface area contributed by atoms with E-state index < -0.39 is 0 Å². The van der Waals surface area contributed by atoms with E-state index in [-0.39, 0.29) is 30.9 Å². The zero-order valence-electron chi connectivity index (χ0n) is 16.7. The molecule has 3 rings (SSSR count). The van der Waals surface area contributed by atoms with Crippen molar-refractivity contribution in [2.24, 2.45) is 0 Å². The van der Waals surface area contributed by atoms with Crippen LogP contribution in [0.15, 0.2) is 47.4 Å². The highest BCUT2D eigenvalue weighted by Gasteiger charge is 2.34. The zero-order chi connectivity index (χ0) is 22.2. The fraction of sp³-hybridized carbons (Fsp3) is 0.227. The van der Waals surface area contributed by atoms with Gasteiger partial charge in [0.1, 0.15) is 18.4 Å². The Balaban J connectivity index is 1.68. The van der Waals surface area contributed by atoms with Crippen molar-refractivity contribution in [1.29, 1.82) is 5.26 Å². The molecule has 1 saturated heterocycles. The number of hydrogen-bond acceptors (Lipinski definition) is 7. The van der Waals surface area contributed by atoms with Gasteiger partial charge in [0.15, 0.2) is 18.1 Å². The molecule has 1 aliphatic rings. The van der Waals surface area contributed by atoms with Gasteiger partial charge in [-0.25, -0.2) is 0 Å².